The predicted molar refractivity (Wildman–Crippen MR) is 66.8 cm³/mol. The summed E-state index contributed by atoms with van der Waals surface area (Å²) in [4.78, 5) is 12.1. The van der Waals surface area contributed by atoms with Crippen LogP contribution in [0.5, 0.6) is 0 Å². The van der Waals surface area contributed by atoms with Gasteiger partial charge in [-0.05, 0) is 38.1 Å². The zero-order chi connectivity index (χ0) is 13.0. The molecule has 1 saturated heterocycles. The molecule has 104 valence electrons. The van der Waals surface area contributed by atoms with Crippen molar-refractivity contribution in [3.05, 3.63) is 0 Å². The van der Waals surface area contributed by atoms with Gasteiger partial charge in [0.05, 0.1) is 6.04 Å². The van der Waals surface area contributed by atoms with Crippen LogP contribution in [0.4, 0.5) is 8.78 Å². The number of carbonyl (C=O) groups is 1. The Morgan fingerprint density at radius 2 is 2.00 bits per heavy atom. The first kappa shape index (κ1) is 13.9. The summed E-state index contributed by atoms with van der Waals surface area (Å²) >= 11 is 0. The minimum absolute atomic E-state index is 0.000626. The summed E-state index contributed by atoms with van der Waals surface area (Å²) in [6, 6.07) is -0.0805. The summed E-state index contributed by atoms with van der Waals surface area (Å²) in [6.45, 7) is 0.886. The largest absolute Gasteiger partial charge is 0.307 e. The molecule has 1 saturated carbocycles. The van der Waals surface area contributed by atoms with E-state index in [4.69, 9.17) is 0 Å². The third-order valence-corrected chi connectivity index (χ3v) is 4.18. The zero-order valence-electron chi connectivity index (χ0n) is 10.9. The summed E-state index contributed by atoms with van der Waals surface area (Å²) in [5.74, 6) is -2.49. The number of carbonyl (C=O) groups excluding carboxylic acids is 1. The lowest BCUT2D eigenvalue weighted by molar-refractivity contribution is -0.123. The van der Waals surface area contributed by atoms with Gasteiger partial charge in [0.15, 0.2) is 0 Å². The summed E-state index contributed by atoms with van der Waals surface area (Å²) in [5, 5.41) is 3.25. The molecule has 1 aliphatic heterocycles. The molecule has 2 fully saturated rings. The molecule has 1 heterocycles. The van der Waals surface area contributed by atoms with Gasteiger partial charge in [-0.15, -0.1) is 0 Å². The molecular formula is C14H23F2NO. The van der Waals surface area contributed by atoms with Gasteiger partial charge in [-0.1, -0.05) is 12.8 Å². The highest BCUT2D eigenvalue weighted by Gasteiger charge is 2.37. The van der Waals surface area contributed by atoms with Gasteiger partial charge < -0.3 is 5.32 Å². The van der Waals surface area contributed by atoms with Gasteiger partial charge >= 0.3 is 0 Å². The highest BCUT2D eigenvalue weighted by molar-refractivity contribution is 5.84. The van der Waals surface area contributed by atoms with E-state index in [1.165, 1.54) is 0 Å². The Kier molecular flexibility index (Phi) is 4.71. The summed E-state index contributed by atoms with van der Waals surface area (Å²) in [6.07, 6.45) is 5.82. The van der Waals surface area contributed by atoms with Gasteiger partial charge in [-0.3, -0.25) is 4.79 Å². The number of hydrogen-bond acceptors (Lipinski definition) is 2. The second-order valence-electron chi connectivity index (χ2n) is 5.84. The van der Waals surface area contributed by atoms with Crippen LogP contribution in [0.2, 0.25) is 0 Å². The molecular weight excluding hydrogens is 236 g/mol. The second-order valence-corrected chi connectivity index (χ2v) is 5.84. The highest BCUT2D eigenvalue weighted by atomic mass is 19.3. The molecule has 1 N–H and O–H groups in total. The number of ketones is 1. The molecule has 1 aliphatic carbocycles. The molecule has 2 aliphatic rings. The first-order valence-corrected chi connectivity index (χ1v) is 7.21. The van der Waals surface area contributed by atoms with E-state index in [9.17, 15) is 13.6 Å². The maximum Gasteiger partial charge on any atom is 0.248 e. The van der Waals surface area contributed by atoms with Crippen LogP contribution in [0.3, 0.4) is 0 Å². The molecule has 0 spiro atoms. The third kappa shape index (κ3) is 4.01. The van der Waals surface area contributed by atoms with E-state index in [0.717, 1.165) is 38.6 Å². The van der Waals surface area contributed by atoms with Crippen LogP contribution in [0.15, 0.2) is 0 Å². The molecule has 0 aromatic heterocycles. The maximum atomic E-state index is 13.3. The molecule has 18 heavy (non-hydrogen) atoms. The smallest absolute Gasteiger partial charge is 0.248 e. The van der Waals surface area contributed by atoms with Crippen molar-refractivity contribution in [1.29, 1.82) is 0 Å². The minimum atomic E-state index is -2.54. The monoisotopic (exact) mass is 259 g/mol. The van der Waals surface area contributed by atoms with Crippen LogP contribution in [-0.2, 0) is 4.79 Å². The van der Waals surface area contributed by atoms with Gasteiger partial charge in [0.1, 0.15) is 5.78 Å². The number of nitrogens with one attached hydrogen (secondary N) is 1. The molecule has 0 aromatic rings. The van der Waals surface area contributed by atoms with Crippen LogP contribution in [-0.4, -0.2) is 24.3 Å². The van der Waals surface area contributed by atoms with Crippen molar-refractivity contribution < 1.29 is 13.6 Å². The second kappa shape index (κ2) is 6.09. The van der Waals surface area contributed by atoms with E-state index < -0.39 is 5.92 Å². The maximum absolute atomic E-state index is 13.3. The van der Waals surface area contributed by atoms with Crippen molar-refractivity contribution in [3.8, 4) is 0 Å². The fourth-order valence-corrected chi connectivity index (χ4v) is 3.18. The van der Waals surface area contributed by atoms with E-state index in [-0.39, 0.29) is 30.6 Å². The molecule has 0 bridgehead atoms. The molecule has 2 unspecified atom stereocenters. The molecule has 2 atom stereocenters. The lowest BCUT2D eigenvalue weighted by Crippen LogP contribution is -2.38. The van der Waals surface area contributed by atoms with E-state index in [0.29, 0.717) is 12.8 Å². The van der Waals surface area contributed by atoms with E-state index in [1.807, 2.05) is 0 Å². The summed E-state index contributed by atoms with van der Waals surface area (Å²) in [7, 11) is 0. The van der Waals surface area contributed by atoms with Crippen molar-refractivity contribution in [1.82, 2.24) is 5.32 Å². The number of rotatable bonds is 3. The Labute approximate surface area is 108 Å². The number of alkyl halides is 2. The molecule has 0 aromatic carbocycles. The molecule has 2 rings (SSSR count). The number of hydrogen-bond donors (Lipinski definition) is 1. The quantitative estimate of drug-likeness (QED) is 0.842. The van der Waals surface area contributed by atoms with Crippen LogP contribution in [0.25, 0.3) is 0 Å². The Morgan fingerprint density at radius 3 is 2.78 bits per heavy atom. The minimum Gasteiger partial charge on any atom is -0.307 e. The van der Waals surface area contributed by atoms with Crippen LogP contribution < -0.4 is 5.32 Å². The van der Waals surface area contributed by atoms with E-state index in [2.05, 4.69) is 5.32 Å². The lowest BCUT2D eigenvalue weighted by atomic mass is 9.82. The van der Waals surface area contributed by atoms with Gasteiger partial charge in [0.25, 0.3) is 0 Å². The lowest BCUT2D eigenvalue weighted by Gasteiger charge is -2.29. The average molecular weight is 259 g/mol. The normalized spacial score (nSPS) is 32.8. The number of Topliss-reactive ketones (excluding diaryl/α,β-unsaturated/α-hetero) is 1. The molecule has 4 heteroatoms. The fourth-order valence-electron chi connectivity index (χ4n) is 3.18. The number of halogens is 2. The zero-order valence-corrected chi connectivity index (χ0v) is 10.9. The Balaban J connectivity index is 1.82. The molecule has 0 amide bonds. The van der Waals surface area contributed by atoms with Crippen LogP contribution in [0, 0.1) is 5.92 Å². The van der Waals surface area contributed by atoms with Gasteiger partial charge in [0.2, 0.25) is 5.92 Å². The Bertz CT molecular complexity index is 286. The van der Waals surface area contributed by atoms with Gasteiger partial charge in [-0.2, -0.15) is 0 Å². The van der Waals surface area contributed by atoms with Crippen molar-refractivity contribution in [2.45, 2.75) is 69.8 Å². The Morgan fingerprint density at radius 1 is 1.17 bits per heavy atom. The Hall–Kier alpha value is -0.510. The summed E-state index contributed by atoms with van der Waals surface area (Å²) < 4.78 is 26.6. The van der Waals surface area contributed by atoms with Crippen molar-refractivity contribution >= 4 is 5.78 Å². The predicted octanol–water partition coefficient (Wildman–Crippen LogP) is 3.30. The van der Waals surface area contributed by atoms with E-state index >= 15 is 0 Å². The van der Waals surface area contributed by atoms with Gasteiger partial charge in [0, 0.05) is 19.3 Å². The van der Waals surface area contributed by atoms with Crippen LogP contribution >= 0.6 is 0 Å². The topological polar surface area (TPSA) is 29.1 Å². The van der Waals surface area contributed by atoms with Crippen molar-refractivity contribution in [2.75, 3.05) is 6.54 Å². The van der Waals surface area contributed by atoms with Crippen LogP contribution in [0.1, 0.15) is 57.8 Å². The van der Waals surface area contributed by atoms with E-state index in [1.54, 1.807) is 0 Å². The first-order valence-electron chi connectivity index (χ1n) is 7.21. The summed E-state index contributed by atoms with van der Waals surface area (Å²) in [5.41, 5.74) is 0. The highest BCUT2D eigenvalue weighted by Crippen LogP contribution is 2.38. The van der Waals surface area contributed by atoms with Gasteiger partial charge in [-0.25, -0.2) is 8.78 Å². The van der Waals surface area contributed by atoms with Crippen molar-refractivity contribution in [3.63, 3.8) is 0 Å². The fraction of sp³-hybridized carbons (Fsp3) is 0.929. The standard InChI is InChI=1S/C14H23F2NO/c15-14(16)7-4-5-11(10-14)9-13(18)12-6-2-1-3-8-17-12/h11-12,17H,1-10H2. The third-order valence-electron chi connectivity index (χ3n) is 4.18. The molecule has 2 nitrogen and oxygen atoms in total. The molecule has 0 radical (unpaired) electrons. The first-order chi connectivity index (χ1) is 8.57. The average Bonchev–Trinajstić information content (AvgIpc) is 2.55. The van der Waals surface area contributed by atoms with Crippen molar-refractivity contribution in [2.24, 2.45) is 5.92 Å². The SMILES string of the molecule is O=C(CC1CCCC(F)(F)C1)C1CCCCCN1.